The molecule has 1 aromatic carbocycles. The molecule has 10 heteroatoms. The molecule has 0 fully saturated rings. The molecule has 3 aromatic rings. The fourth-order valence-electron chi connectivity index (χ4n) is 2.43. The van der Waals surface area contributed by atoms with E-state index in [0.717, 1.165) is 9.97 Å². The predicted octanol–water partition coefficient (Wildman–Crippen LogP) is 4.52. The fourth-order valence-corrected chi connectivity index (χ4v) is 4.15. The number of phenols is 1. The van der Waals surface area contributed by atoms with Gasteiger partial charge in [-0.2, -0.15) is 0 Å². The lowest BCUT2D eigenvalue weighted by molar-refractivity contribution is 0.102. The van der Waals surface area contributed by atoms with Crippen LogP contribution in [0.15, 0.2) is 33.2 Å². The van der Waals surface area contributed by atoms with Gasteiger partial charge < -0.3 is 19.0 Å². The summed E-state index contributed by atoms with van der Waals surface area (Å²) in [7, 11) is 2.84. The van der Waals surface area contributed by atoms with E-state index in [4.69, 9.17) is 13.9 Å². The highest BCUT2D eigenvalue weighted by Gasteiger charge is 2.20. The number of carbonyl (C=O) groups is 1. The van der Waals surface area contributed by atoms with Crippen LogP contribution in [0.5, 0.6) is 17.2 Å². The number of aromatic nitrogens is 2. The van der Waals surface area contributed by atoms with E-state index in [1.807, 2.05) is 13.8 Å². The molecule has 0 radical (unpaired) electrons. The molecular weight excluding hydrogens is 414 g/mol. The SMILES string of the molecule is COc1ccc(C(=O)Nc2ncc(SCc3ncc(C(C)C)o3)s2)c(O)c1OC. The standard InChI is InChI=1S/C19H21N3O5S2/c1-10(2)13-7-20-14(27-13)9-28-15-8-21-19(29-15)22-18(24)11-5-6-12(25-3)17(26-4)16(11)23/h5-8,10,23H,9H2,1-4H3,(H,21,22,24). The van der Waals surface area contributed by atoms with E-state index in [9.17, 15) is 9.90 Å². The molecule has 2 N–H and O–H groups in total. The number of thioether (sulfide) groups is 1. The number of aromatic hydroxyl groups is 1. The number of methoxy groups -OCH3 is 2. The van der Waals surface area contributed by atoms with Crippen LogP contribution in [0.3, 0.4) is 0 Å². The van der Waals surface area contributed by atoms with Crippen LogP contribution in [0, 0.1) is 0 Å². The van der Waals surface area contributed by atoms with Crippen LogP contribution in [-0.4, -0.2) is 35.2 Å². The lowest BCUT2D eigenvalue weighted by Crippen LogP contribution is -2.12. The molecule has 3 rings (SSSR count). The molecule has 0 aliphatic heterocycles. The summed E-state index contributed by atoms with van der Waals surface area (Å²) >= 11 is 2.84. The predicted molar refractivity (Wildman–Crippen MR) is 111 cm³/mol. The minimum atomic E-state index is -0.497. The highest BCUT2D eigenvalue weighted by Crippen LogP contribution is 2.39. The average molecular weight is 436 g/mol. The first kappa shape index (κ1) is 21.0. The lowest BCUT2D eigenvalue weighted by Gasteiger charge is -2.12. The Balaban J connectivity index is 1.64. The maximum absolute atomic E-state index is 12.5. The number of benzene rings is 1. The summed E-state index contributed by atoms with van der Waals surface area (Å²) in [5.41, 5.74) is 0.0630. The number of ether oxygens (including phenoxy) is 2. The van der Waals surface area contributed by atoms with Crippen LogP contribution < -0.4 is 14.8 Å². The Morgan fingerprint density at radius 3 is 2.72 bits per heavy atom. The first-order valence-corrected chi connectivity index (χ1v) is 10.5. The summed E-state index contributed by atoms with van der Waals surface area (Å²) < 4.78 is 16.8. The summed E-state index contributed by atoms with van der Waals surface area (Å²) in [6.45, 7) is 4.09. The molecule has 0 aliphatic rings. The van der Waals surface area contributed by atoms with E-state index in [0.29, 0.717) is 28.4 Å². The largest absolute Gasteiger partial charge is 0.504 e. The van der Waals surface area contributed by atoms with Crippen LogP contribution in [0.2, 0.25) is 0 Å². The molecule has 8 nitrogen and oxygen atoms in total. The molecule has 0 aliphatic carbocycles. The molecule has 0 saturated heterocycles. The number of nitrogens with zero attached hydrogens (tertiary/aromatic N) is 2. The van der Waals surface area contributed by atoms with Gasteiger partial charge in [-0.1, -0.05) is 25.2 Å². The second kappa shape index (κ2) is 9.19. The van der Waals surface area contributed by atoms with Crippen molar-refractivity contribution in [1.82, 2.24) is 9.97 Å². The van der Waals surface area contributed by atoms with Crippen molar-refractivity contribution in [2.45, 2.75) is 29.7 Å². The van der Waals surface area contributed by atoms with E-state index in [1.165, 1.54) is 43.4 Å². The van der Waals surface area contributed by atoms with Gasteiger partial charge in [0.25, 0.3) is 5.91 Å². The lowest BCUT2D eigenvalue weighted by atomic mass is 10.1. The molecule has 154 valence electrons. The van der Waals surface area contributed by atoms with Gasteiger partial charge in [-0.3, -0.25) is 10.1 Å². The maximum atomic E-state index is 12.5. The third-order valence-corrected chi connectivity index (χ3v) is 6.04. The van der Waals surface area contributed by atoms with Crippen molar-refractivity contribution in [1.29, 1.82) is 0 Å². The van der Waals surface area contributed by atoms with E-state index in [2.05, 4.69) is 15.3 Å². The van der Waals surface area contributed by atoms with E-state index < -0.39 is 5.91 Å². The van der Waals surface area contributed by atoms with Gasteiger partial charge in [0.1, 0.15) is 5.76 Å². The molecule has 2 heterocycles. The zero-order valence-electron chi connectivity index (χ0n) is 16.4. The zero-order chi connectivity index (χ0) is 21.0. The molecular formula is C19H21N3O5S2. The Hall–Kier alpha value is -2.72. The molecule has 0 saturated carbocycles. The van der Waals surface area contributed by atoms with Crippen LogP contribution in [0.25, 0.3) is 0 Å². The second-order valence-electron chi connectivity index (χ2n) is 6.24. The summed E-state index contributed by atoms with van der Waals surface area (Å²) in [6, 6.07) is 3.02. The first-order valence-electron chi connectivity index (χ1n) is 8.71. The van der Waals surface area contributed by atoms with Crippen molar-refractivity contribution in [3.63, 3.8) is 0 Å². The van der Waals surface area contributed by atoms with Crippen molar-refractivity contribution in [3.8, 4) is 17.2 Å². The molecule has 1 amide bonds. The second-order valence-corrected chi connectivity index (χ2v) is 8.54. The van der Waals surface area contributed by atoms with Crippen LogP contribution >= 0.6 is 23.1 Å². The Morgan fingerprint density at radius 2 is 2.07 bits per heavy atom. The monoisotopic (exact) mass is 435 g/mol. The van der Waals surface area contributed by atoms with E-state index in [-0.39, 0.29) is 17.1 Å². The molecule has 2 aromatic heterocycles. The third-order valence-electron chi connectivity index (χ3n) is 3.95. The van der Waals surface area contributed by atoms with Crippen LogP contribution in [0.4, 0.5) is 5.13 Å². The summed E-state index contributed by atoms with van der Waals surface area (Å²) in [4.78, 5) is 21.0. The van der Waals surface area contributed by atoms with Gasteiger partial charge in [0, 0.05) is 5.92 Å². The third kappa shape index (κ3) is 4.83. The quantitative estimate of drug-likeness (QED) is 0.497. The van der Waals surface area contributed by atoms with E-state index >= 15 is 0 Å². The molecule has 0 atom stereocenters. The Labute approximate surface area is 176 Å². The Morgan fingerprint density at radius 1 is 1.28 bits per heavy atom. The van der Waals surface area contributed by atoms with Crippen LogP contribution in [0.1, 0.15) is 41.8 Å². The highest BCUT2D eigenvalue weighted by molar-refractivity contribution is 8.00. The van der Waals surface area contributed by atoms with Gasteiger partial charge in [0.05, 0.1) is 42.1 Å². The molecule has 0 unspecified atom stereocenters. The van der Waals surface area contributed by atoms with Crippen molar-refractivity contribution < 1.29 is 23.8 Å². The molecule has 0 spiro atoms. The smallest absolute Gasteiger partial charge is 0.261 e. The number of phenolic OH excluding ortho intramolecular Hbond substituents is 1. The highest BCUT2D eigenvalue weighted by atomic mass is 32.2. The minimum Gasteiger partial charge on any atom is -0.504 e. The van der Waals surface area contributed by atoms with Crippen molar-refractivity contribution >= 4 is 34.1 Å². The van der Waals surface area contributed by atoms with Crippen LogP contribution in [-0.2, 0) is 5.75 Å². The summed E-state index contributed by atoms with van der Waals surface area (Å²) in [5.74, 6) is 2.01. The van der Waals surface area contributed by atoms with Crippen molar-refractivity contribution in [2.75, 3.05) is 19.5 Å². The normalized spacial score (nSPS) is 10.9. The number of hydrogen-bond acceptors (Lipinski definition) is 9. The summed E-state index contributed by atoms with van der Waals surface area (Å²) in [6.07, 6.45) is 3.42. The minimum absolute atomic E-state index is 0.0630. The van der Waals surface area contributed by atoms with Gasteiger partial charge in [-0.15, -0.1) is 11.8 Å². The number of nitrogens with one attached hydrogen (secondary N) is 1. The van der Waals surface area contributed by atoms with Gasteiger partial charge >= 0.3 is 0 Å². The van der Waals surface area contributed by atoms with E-state index in [1.54, 1.807) is 18.5 Å². The fraction of sp³-hybridized carbons (Fsp3) is 0.316. The number of carbonyl (C=O) groups excluding carboxylic acids is 1. The summed E-state index contributed by atoms with van der Waals surface area (Å²) in [5, 5.41) is 13.4. The van der Waals surface area contributed by atoms with Gasteiger partial charge in [0.2, 0.25) is 11.6 Å². The number of oxazole rings is 1. The number of anilines is 1. The topological polar surface area (TPSA) is 107 Å². The number of thiazole rings is 1. The van der Waals surface area contributed by atoms with Crippen molar-refractivity contribution in [2.24, 2.45) is 0 Å². The average Bonchev–Trinajstić information content (AvgIpc) is 3.35. The first-order chi connectivity index (χ1) is 13.9. The maximum Gasteiger partial charge on any atom is 0.261 e. The number of rotatable bonds is 8. The number of hydrogen-bond donors (Lipinski definition) is 2. The van der Waals surface area contributed by atoms with Crippen molar-refractivity contribution in [3.05, 3.63) is 41.7 Å². The van der Waals surface area contributed by atoms with Gasteiger partial charge in [0.15, 0.2) is 16.6 Å². The Bertz CT molecular complexity index is 1000. The zero-order valence-corrected chi connectivity index (χ0v) is 18.0. The Kier molecular flexibility index (Phi) is 6.65. The molecule has 0 bridgehead atoms. The van der Waals surface area contributed by atoms with Gasteiger partial charge in [-0.25, -0.2) is 9.97 Å². The number of amides is 1. The van der Waals surface area contributed by atoms with Gasteiger partial charge in [-0.05, 0) is 12.1 Å². The molecule has 29 heavy (non-hydrogen) atoms.